The number of carbonyl (C=O) groups is 2. The highest BCUT2D eigenvalue weighted by Crippen LogP contribution is 2.32. The summed E-state index contributed by atoms with van der Waals surface area (Å²) in [5.74, 6) is -0.801. The molecule has 0 N–H and O–H groups in total. The number of aromatic nitrogens is 1. The second-order valence-electron chi connectivity index (χ2n) is 10.6. The summed E-state index contributed by atoms with van der Waals surface area (Å²) in [5, 5.41) is 0. The molecule has 41 heavy (non-hydrogen) atoms. The Kier molecular flexibility index (Phi) is 7.64. The van der Waals surface area contributed by atoms with Gasteiger partial charge < -0.3 is 13.9 Å². The summed E-state index contributed by atoms with van der Waals surface area (Å²) in [5.41, 5.74) is 3.24. The van der Waals surface area contributed by atoms with Gasteiger partial charge in [0.25, 0.3) is 5.56 Å². The van der Waals surface area contributed by atoms with Gasteiger partial charge in [0, 0.05) is 0 Å². The number of hydrogen-bond acceptors (Lipinski definition) is 8. The van der Waals surface area contributed by atoms with Crippen LogP contribution in [0.4, 0.5) is 0 Å². The number of allylic oxidation sites excluding steroid dienone is 1. The van der Waals surface area contributed by atoms with Gasteiger partial charge in [-0.2, -0.15) is 0 Å². The number of nitrogens with zero attached hydrogens (tertiary/aromatic N) is 2. The summed E-state index contributed by atoms with van der Waals surface area (Å²) >= 11 is 1.27. The molecule has 210 valence electrons. The number of hydrogen-bond donors (Lipinski definition) is 0. The molecule has 0 saturated carbocycles. The topological polar surface area (TPSA) is 100 Å². The molecule has 0 unspecified atom stereocenters. The fourth-order valence-corrected chi connectivity index (χ4v) is 5.65. The molecule has 2 aromatic carbocycles. The molecule has 0 fully saturated rings. The molecule has 3 heterocycles. The Hall–Kier alpha value is -4.50. The SMILES string of the molecule is CCOC(=O)C1=C(C)N=c2s/c(=C/c3ccc(C(C)(C)C)cc3)c(=O)n2[C@H]1c1ccc(OC(=O)c2ccco2)cc1. The van der Waals surface area contributed by atoms with Gasteiger partial charge in [-0.25, -0.2) is 14.6 Å². The molecule has 0 amide bonds. The van der Waals surface area contributed by atoms with Gasteiger partial charge in [0.05, 0.1) is 34.7 Å². The molecule has 1 aliphatic heterocycles. The third kappa shape index (κ3) is 5.71. The van der Waals surface area contributed by atoms with Crippen LogP contribution in [0.2, 0.25) is 0 Å². The van der Waals surface area contributed by atoms with E-state index in [9.17, 15) is 14.4 Å². The van der Waals surface area contributed by atoms with E-state index in [1.807, 2.05) is 18.2 Å². The minimum absolute atomic E-state index is 0.0194. The first-order valence-corrected chi connectivity index (χ1v) is 14.0. The predicted octanol–water partition coefficient (Wildman–Crippen LogP) is 4.91. The molecule has 0 spiro atoms. The van der Waals surface area contributed by atoms with Gasteiger partial charge in [0.15, 0.2) is 4.80 Å². The van der Waals surface area contributed by atoms with Crippen LogP contribution < -0.4 is 19.6 Å². The van der Waals surface area contributed by atoms with E-state index in [1.54, 1.807) is 44.2 Å². The summed E-state index contributed by atoms with van der Waals surface area (Å²) in [4.78, 5) is 44.4. The summed E-state index contributed by atoms with van der Waals surface area (Å²) in [6.07, 6.45) is 3.23. The third-order valence-electron chi connectivity index (χ3n) is 6.72. The van der Waals surface area contributed by atoms with Crippen LogP contribution in [-0.2, 0) is 14.9 Å². The average Bonchev–Trinajstić information content (AvgIpc) is 3.57. The van der Waals surface area contributed by atoms with E-state index in [2.05, 4.69) is 37.9 Å². The van der Waals surface area contributed by atoms with Crippen molar-refractivity contribution in [2.45, 2.75) is 46.1 Å². The number of furan rings is 1. The maximum Gasteiger partial charge on any atom is 0.379 e. The van der Waals surface area contributed by atoms with Crippen molar-refractivity contribution >= 4 is 29.4 Å². The first-order valence-electron chi connectivity index (χ1n) is 13.2. The van der Waals surface area contributed by atoms with E-state index in [-0.39, 0.29) is 28.9 Å². The molecule has 5 rings (SSSR count). The van der Waals surface area contributed by atoms with Crippen LogP contribution in [0.5, 0.6) is 5.75 Å². The Morgan fingerprint density at radius 1 is 1.05 bits per heavy atom. The van der Waals surface area contributed by atoms with Crippen molar-refractivity contribution in [2.24, 2.45) is 4.99 Å². The molecule has 1 aliphatic rings. The number of ether oxygens (including phenoxy) is 2. The Labute approximate surface area is 240 Å². The summed E-state index contributed by atoms with van der Waals surface area (Å²) < 4.78 is 17.9. The molecular weight excluding hydrogens is 540 g/mol. The number of carbonyl (C=O) groups excluding carboxylic acids is 2. The normalized spacial score (nSPS) is 15.3. The van der Waals surface area contributed by atoms with Crippen molar-refractivity contribution < 1.29 is 23.5 Å². The molecule has 0 saturated heterocycles. The first-order chi connectivity index (χ1) is 19.6. The van der Waals surface area contributed by atoms with Crippen molar-refractivity contribution in [3.63, 3.8) is 0 Å². The van der Waals surface area contributed by atoms with Gasteiger partial charge in [0.1, 0.15) is 5.75 Å². The van der Waals surface area contributed by atoms with Crippen molar-refractivity contribution in [1.82, 2.24) is 4.57 Å². The van der Waals surface area contributed by atoms with Crippen molar-refractivity contribution in [3.05, 3.63) is 120 Å². The zero-order valence-electron chi connectivity index (χ0n) is 23.5. The van der Waals surface area contributed by atoms with E-state index in [0.717, 1.165) is 5.56 Å². The van der Waals surface area contributed by atoms with Crippen molar-refractivity contribution in [2.75, 3.05) is 6.61 Å². The van der Waals surface area contributed by atoms with Crippen molar-refractivity contribution in [1.29, 1.82) is 0 Å². The lowest BCUT2D eigenvalue weighted by atomic mass is 9.87. The Morgan fingerprint density at radius 2 is 1.76 bits per heavy atom. The van der Waals surface area contributed by atoms with Crippen LogP contribution in [0.3, 0.4) is 0 Å². The molecular formula is C32H30N2O6S. The maximum absolute atomic E-state index is 13.8. The molecule has 0 aliphatic carbocycles. The summed E-state index contributed by atoms with van der Waals surface area (Å²) in [7, 11) is 0. The van der Waals surface area contributed by atoms with Crippen molar-refractivity contribution in [3.8, 4) is 5.75 Å². The van der Waals surface area contributed by atoms with Crippen LogP contribution in [0.1, 0.15) is 67.9 Å². The highest BCUT2D eigenvalue weighted by Gasteiger charge is 2.33. The predicted molar refractivity (Wildman–Crippen MR) is 156 cm³/mol. The van der Waals surface area contributed by atoms with Gasteiger partial charge in [-0.3, -0.25) is 9.36 Å². The molecule has 4 aromatic rings. The Balaban J connectivity index is 1.57. The molecule has 8 nitrogen and oxygen atoms in total. The smallest absolute Gasteiger partial charge is 0.379 e. The lowest BCUT2D eigenvalue weighted by Crippen LogP contribution is -2.39. The fraction of sp³-hybridized carbons (Fsp3) is 0.250. The maximum atomic E-state index is 13.8. The van der Waals surface area contributed by atoms with Gasteiger partial charge in [0.2, 0.25) is 5.76 Å². The van der Waals surface area contributed by atoms with Crippen LogP contribution in [-0.4, -0.2) is 23.1 Å². The highest BCUT2D eigenvalue weighted by molar-refractivity contribution is 7.07. The molecule has 1 atom stereocenters. The summed E-state index contributed by atoms with van der Waals surface area (Å²) in [6.45, 7) is 10.1. The zero-order valence-corrected chi connectivity index (χ0v) is 24.3. The quantitative estimate of drug-likeness (QED) is 0.241. The third-order valence-corrected chi connectivity index (χ3v) is 7.70. The average molecular weight is 571 g/mol. The number of benzene rings is 2. The summed E-state index contributed by atoms with van der Waals surface area (Å²) in [6, 6.07) is 17.1. The molecule has 2 aromatic heterocycles. The van der Waals surface area contributed by atoms with E-state index in [4.69, 9.17) is 13.9 Å². The molecule has 0 bridgehead atoms. The molecule has 9 heteroatoms. The van der Waals surface area contributed by atoms with Crippen LogP contribution in [0, 0.1) is 0 Å². The number of fused-ring (bicyclic) bond motifs is 1. The van der Waals surface area contributed by atoms with Gasteiger partial charge in [-0.05, 0) is 66.3 Å². The van der Waals surface area contributed by atoms with E-state index in [1.165, 1.54) is 33.8 Å². The van der Waals surface area contributed by atoms with Gasteiger partial charge in [-0.1, -0.05) is 68.5 Å². The molecule has 0 radical (unpaired) electrons. The second kappa shape index (κ2) is 11.2. The fourth-order valence-electron chi connectivity index (χ4n) is 4.61. The van der Waals surface area contributed by atoms with E-state index < -0.39 is 18.0 Å². The number of thiazole rings is 1. The number of rotatable bonds is 6. The monoisotopic (exact) mass is 570 g/mol. The minimum atomic E-state index is -0.773. The lowest BCUT2D eigenvalue weighted by molar-refractivity contribution is -0.139. The van der Waals surface area contributed by atoms with Gasteiger partial charge in [-0.15, -0.1) is 0 Å². The van der Waals surface area contributed by atoms with Gasteiger partial charge >= 0.3 is 11.9 Å². The largest absolute Gasteiger partial charge is 0.463 e. The van der Waals surface area contributed by atoms with E-state index in [0.29, 0.717) is 26.3 Å². The Morgan fingerprint density at radius 3 is 2.37 bits per heavy atom. The second-order valence-corrected chi connectivity index (χ2v) is 11.6. The minimum Gasteiger partial charge on any atom is -0.463 e. The standard InChI is InChI=1S/C32H30N2O6S/c1-6-38-30(37)26-19(2)33-31-34(28(35)25(41-31)18-20-9-13-22(14-10-20)32(3,4)5)27(26)21-11-15-23(16-12-21)40-29(36)24-8-7-17-39-24/h7-18,27H,6H2,1-5H3/b25-18+/t27-/m0/s1. The zero-order chi connectivity index (χ0) is 29.3. The number of esters is 2. The Bertz CT molecular complexity index is 1800. The first kappa shape index (κ1) is 28.0. The lowest BCUT2D eigenvalue weighted by Gasteiger charge is -2.24. The van der Waals surface area contributed by atoms with Crippen LogP contribution >= 0.6 is 11.3 Å². The van der Waals surface area contributed by atoms with E-state index >= 15 is 0 Å². The van der Waals surface area contributed by atoms with Crippen LogP contribution in [0.25, 0.3) is 6.08 Å². The highest BCUT2D eigenvalue weighted by atomic mass is 32.1. The van der Waals surface area contributed by atoms with Crippen LogP contribution in [0.15, 0.2) is 92.4 Å².